The van der Waals surface area contributed by atoms with Crippen molar-refractivity contribution in [3.63, 3.8) is 0 Å². The third kappa shape index (κ3) is 2.55. The first-order chi connectivity index (χ1) is 8.08. The number of hydrogen-bond acceptors (Lipinski definition) is 5. The van der Waals surface area contributed by atoms with Crippen molar-refractivity contribution in [1.82, 2.24) is 15.5 Å². The van der Waals surface area contributed by atoms with Gasteiger partial charge in [-0.1, -0.05) is 5.16 Å². The molecule has 2 heterocycles. The highest BCUT2D eigenvalue weighted by Gasteiger charge is 2.14. The molecule has 2 aromatic heterocycles. The van der Waals surface area contributed by atoms with Crippen LogP contribution in [0, 0.1) is 20.8 Å². The molecular weight excluding hydrogens is 218 g/mol. The molecule has 0 radical (unpaired) electrons. The lowest BCUT2D eigenvalue weighted by Crippen LogP contribution is -2.19. The first kappa shape index (κ1) is 11.9. The summed E-state index contributed by atoms with van der Waals surface area (Å²) in [5.74, 6) is 2.38. The molecule has 0 aliphatic heterocycles. The van der Waals surface area contributed by atoms with Gasteiger partial charge in [0.25, 0.3) is 0 Å². The summed E-state index contributed by atoms with van der Waals surface area (Å²) in [6.45, 7) is 8.45. The molecule has 0 bridgehead atoms. The Morgan fingerprint density at radius 3 is 2.65 bits per heavy atom. The van der Waals surface area contributed by atoms with Gasteiger partial charge in [0.05, 0.1) is 17.9 Å². The van der Waals surface area contributed by atoms with Crippen molar-refractivity contribution in [1.29, 1.82) is 0 Å². The van der Waals surface area contributed by atoms with E-state index >= 15 is 0 Å². The average Bonchev–Trinajstić information content (AvgIpc) is 2.84. The van der Waals surface area contributed by atoms with Crippen molar-refractivity contribution >= 4 is 0 Å². The van der Waals surface area contributed by atoms with Gasteiger partial charge < -0.3 is 14.3 Å². The number of hydrogen-bond donors (Lipinski definition) is 1. The fourth-order valence-electron chi connectivity index (χ4n) is 1.67. The molecule has 0 aliphatic rings. The van der Waals surface area contributed by atoms with Crippen LogP contribution < -0.4 is 5.32 Å². The molecule has 2 rings (SSSR count). The third-order valence-electron chi connectivity index (χ3n) is 2.78. The molecule has 0 saturated carbocycles. The molecule has 5 nitrogen and oxygen atoms in total. The van der Waals surface area contributed by atoms with Gasteiger partial charge in [0.2, 0.25) is 5.89 Å². The zero-order valence-electron chi connectivity index (χ0n) is 10.6. The molecule has 1 unspecified atom stereocenters. The zero-order valence-corrected chi connectivity index (χ0v) is 10.6. The number of oxazole rings is 1. The Kier molecular flexibility index (Phi) is 3.28. The first-order valence-electron chi connectivity index (χ1n) is 5.65. The van der Waals surface area contributed by atoms with E-state index in [9.17, 15) is 0 Å². The molecule has 5 heteroatoms. The normalized spacial score (nSPS) is 12.9. The van der Waals surface area contributed by atoms with Gasteiger partial charge in [-0.05, 0) is 27.7 Å². The fraction of sp³-hybridized carbons (Fsp3) is 0.500. The van der Waals surface area contributed by atoms with Crippen LogP contribution in [0.15, 0.2) is 15.1 Å². The lowest BCUT2D eigenvalue weighted by Gasteiger charge is -2.09. The van der Waals surface area contributed by atoms with Crippen LogP contribution in [0.2, 0.25) is 0 Å². The van der Waals surface area contributed by atoms with E-state index in [-0.39, 0.29) is 6.04 Å². The summed E-state index contributed by atoms with van der Waals surface area (Å²) in [7, 11) is 0. The Morgan fingerprint density at radius 2 is 2.12 bits per heavy atom. The molecule has 17 heavy (non-hydrogen) atoms. The quantitative estimate of drug-likeness (QED) is 0.881. The highest BCUT2D eigenvalue weighted by molar-refractivity contribution is 5.20. The van der Waals surface area contributed by atoms with Gasteiger partial charge in [-0.2, -0.15) is 0 Å². The number of aryl methyl sites for hydroxylation is 3. The summed E-state index contributed by atoms with van der Waals surface area (Å²) < 4.78 is 10.6. The van der Waals surface area contributed by atoms with E-state index in [0.717, 1.165) is 22.8 Å². The van der Waals surface area contributed by atoms with Crippen LogP contribution in [0.25, 0.3) is 0 Å². The minimum Gasteiger partial charge on any atom is -0.444 e. The summed E-state index contributed by atoms with van der Waals surface area (Å²) in [6.07, 6.45) is 1.73. The maximum Gasteiger partial charge on any atom is 0.211 e. The molecule has 0 aromatic carbocycles. The van der Waals surface area contributed by atoms with E-state index < -0.39 is 0 Å². The summed E-state index contributed by atoms with van der Waals surface area (Å²) in [5, 5.41) is 7.26. The molecular formula is C12H17N3O2. The Hall–Kier alpha value is -1.62. The maximum absolute atomic E-state index is 5.46. The molecule has 0 saturated heterocycles. The Bertz CT molecular complexity index is 482. The molecule has 1 N–H and O–H groups in total. The summed E-state index contributed by atoms with van der Waals surface area (Å²) in [6, 6.07) is 0.0670. The summed E-state index contributed by atoms with van der Waals surface area (Å²) >= 11 is 0. The number of rotatable bonds is 4. The minimum absolute atomic E-state index is 0.0670. The molecule has 0 fully saturated rings. The van der Waals surface area contributed by atoms with Gasteiger partial charge in [0, 0.05) is 12.1 Å². The fourth-order valence-corrected chi connectivity index (χ4v) is 1.67. The number of aromatic nitrogens is 2. The Morgan fingerprint density at radius 1 is 1.35 bits per heavy atom. The molecule has 0 aliphatic carbocycles. The topological polar surface area (TPSA) is 64.1 Å². The highest BCUT2D eigenvalue weighted by Crippen LogP contribution is 2.16. The molecule has 2 aromatic rings. The van der Waals surface area contributed by atoms with Gasteiger partial charge in [0.1, 0.15) is 11.5 Å². The second kappa shape index (κ2) is 4.71. The monoisotopic (exact) mass is 235 g/mol. The van der Waals surface area contributed by atoms with Crippen molar-refractivity contribution < 1.29 is 8.94 Å². The van der Waals surface area contributed by atoms with Crippen LogP contribution in [0.5, 0.6) is 0 Å². The van der Waals surface area contributed by atoms with E-state index in [1.165, 1.54) is 0 Å². The minimum atomic E-state index is 0.0670. The lowest BCUT2D eigenvalue weighted by molar-refractivity contribution is 0.388. The van der Waals surface area contributed by atoms with Gasteiger partial charge in [0.15, 0.2) is 0 Å². The van der Waals surface area contributed by atoms with Crippen LogP contribution in [0.1, 0.15) is 41.6 Å². The van der Waals surface area contributed by atoms with E-state index in [4.69, 9.17) is 8.94 Å². The van der Waals surface area contributed by atoms with Crippen molar-refractivity contribution in [2.45, 2.75) is 40.3 Å². The van der Waals surface area contributed by atoms with Crippen molar-refractivity contribution in [2.75, 3.05) is 0 Å². The first-order valence-corrected chi connectivity index (χ1v) is 5.65. The smallest absolute Gasteiger partial charge is 0.211 e. The summed E-state index contributed by atoms with van der Waals surface area (Å²) in [5.41, 5.74) is 2.02. The van der Waals surface area contributed by atoms with Crippen molar-refractivity contribution in [3.05, 3.63) is 34.9 Å². The lowest BCUT2D eigenvalue weighted by atomic mass is 10.2. The van der Waals surface area contributed by atoms with E-state index in [2.05, 4.69) is 15.5 Å². The SMILES string of the molecule is Cc1cnc(C(C)NCc2c(C)noc2C)o1. The largest absolute Gasteiger partial charge is 0.444 e. The van der Waals surface area contributed by atoms with Gasteiger partial charge >= 0.3 is 0 Å². The number of nitrogens with zero attached hydrogens (tertiary/aromatic N) is 2. The van der Waals surface area contributed by atoms with E-state index in [1.54, 1.807) is 6.20 Å². The Balaban J connectivity index is 1.99. The molecule has 92 valence electrons. The van der Waals surface area contributed by atoms with Gasteiger partial charge in [-0.15, -0.1) is 0 Å². The standard InChI is InChI=1S/C12H17N3O2/c1-7-5-14-12(16-7)9(3)13-6-11-8(2)15-17-10(11)4/h5,9,13H,6H2,1-4H3. The number of nitrogens with one attached hydrogen (secondary N) is 1. The average molecular weight is 235 g/mol. The van der Waals surface area contributed by atoms with Crippen molar-refractivity contribution in [2.24, 2.45) is 0 Å². The van der Waals surface area contributed by atoms with Crippen LogP contribution >= 0.6 is 0 Å². The van der Waals surface area contributed by atoms with Crippen molar-refractivity contribution in [3.8, 4) is 0 Å². The second-order valence-electron chi connectivity index (χ2n) is 4.21. The molecule has 0 amide bonds. The van der Waals surface area contributed by atoms with Gasteiger partial charge in [-0.3, -0.25) is 0 Å². The highest BCUT2D eigenvalue weighted by atomic mass is 16.5. The molecule has 1 atom stereocenters. The van der Waals surface area contributed by atoms with Crippen LogP contribution in [0.3, 0.4) is 0 Å². The van der Waals surface area contributed by atoms with E-state index in [1.807, 2.05) is 27.7 Å². The Labute approximate surface area is 100 Å². The van der Waals surface area contributed by atoms with Crippen LogP contribution in [-0.2, 0) is 6.54 Å². The third-order valence-corrected chi connectivity index (χ3v) is 2.78. The zero-order chi connectivity index (χ0) is 12.4. The molecule has 0 spiro atoms. The predicted octanol–water partition coefficient (Wildman–Crippen LogP) is 2.44. The summed E-state index contributed by atoms with van der Waals surface area (Å²) in [4.78, 5) is 4.19. The second-order valence-corrected chi connectivity index (χ2v) is 4.21. The van der Waals surface area contributed by atoms with Crippen LogP contribution in [0.4, 0.5) is 0 Å². The van der Waals surface area contributed by atoms with Crippen LogP contribution in [-0.4, -0.2) is 10.1 Å². The van der Waals surface area contributed by atoms with Gasteiger partial charge in [-0.25, -0.2) is 4.98 Å². The predicted molar refractivity (Wildman–Crippen MR) is 62.5 cm³/mol. The maximum atomic E-state index is 5.46. The van der Waals surface area contributed by atoms with E-state index in [0.29, 0.717) is 12.4 Å².